The van der Waals surface area contributed by atoms with Crippen LogP contribution in [0.3, 0.4) is 0 Å². The number of hydrogen-bond acceptors (Lipinski definition) is 3. The minimum atomic E-state index is -0.0628. The van der Waals surface area contributed by atoms with E-state index in [-0.39, 0.29) is 24.3 Å². The van der Waals surface area contributed by atoms with Gasteiger partial charge in [0.2, 0.25) is 5.91 Å². The second-order valence-corrected chi connectivity index (χ2v) is 7.83. The summed E-state index contributed by atoms with van der Waals surface area (Å²) < 4.78 is 1.85. The third-order valence-corrected chi connectivity index (χ3v) is 5.84. The number of nitrogens with zero attached hydrogens (tertiary/aromatic N) is 3. The Labute approximate surface area is 171 Å². The number of aryl methyl sites for hydroxylation is 1. The standard InChI is InChI=1S/C23H28N4O2/c28-22(24-12-6-14-26-15-7-13-25-26)16-20-19-10-4-5-11-21(19)27(23(20)29)17-18-8-2-1-3-9-18/h1-3,7-9,13,15,21H,4-6,10-12,14,16-17H2,(H,24,28). The molecule has 1 aliphatic carbocycles. The Morgan fingerprint density at radius 2 is 2.03 bits per heavy atom. The molecule has 29 heavy (non-hydrogen) atoms. The Kier molecular flexibility index (Phi) is 6.08. The molecule has 1 atom stereocenters. The first-order valence-electron chi connectivity index (χ1n) is 10.5. The van der Waals surface area contributed by atoms with Crippen LogP contribution < -0.4 is 5.32 Å². The molecule has 2 amide bonds. The molecule has 1 aromatic carbocycles. The summed E-state index contributed by atoms with van der Waals surface area (Å²) in [6, 6.07) is 12.2. The second kappa shape index (κ2) is 9.07. The van der Waals surface area contributed by atoms with E-state index in [9.17, 15) is 9.59 Å². The topological polar surface area (TPSA) is 67.2 Å². The Hall–Kier alpha value is -2.89. The highest BCUT2D eigenvalue weighted by molar-refractivity contribution is 6.02. The number of rotatable bonds is 8. The molecule has 1 aliphatic heterocycles. The van der Waals surface area contributed by atoms with E-state index in [0.717, 1.165) is 49.8 Å². The molecule has 0 spiro atoms. The zero-order chi connectivity index (χ0) is 20.1. The molecular weight excluding hydrogens is 364 g/mol. The minimum absolute atomic E-state index is 0.0439. The first-order valence-corrected chi connectivity index (χ1v) is 10.5. The number of hydrogen-bond donors (Lipinski definition) is 1. The second-order valence-electron chi connectivity index (χ2n) is 7.83. The van der Waals surface area contributed by atoms with E-state index >= 15 is 0 Å². The minimum Gasteiger partial charge on any atom is -0.356 e. The number of carbonyl (C=O) groups excluding carboxylic acids is 2. The first-order chi connectivity index (χ1) is 14.2. The van der Waals surface area contributed by atoms with Crippen LogP contribution in [0.2, 0.25) is 0 Å². The lowest BCUT2D eigenvalue weighted by molar-refractivity contribution is -0.129. The molecule has 1 N–H and O–H groups in total. The number of fused-ring (bicyclic) bond motifs is 1. The van der Waals surface area contributed by atoms with Crippen molar-refractivity contribution in [2.45, 2.75) is 57.7 Å². The summed E-state index contributed by atoms with van der Waals surface area (Å²) in [5.41, 5.74) is 3.06. The summed E-state index contributed by atoms with van der Waals surface area (Å²) in [5, 5.41) is 7.13. The van der Waals surface area contributed by atoms with Crippen LogP contribution >= 0.6 is 0 Å². The lowest BCUT2D eigenvalue weighted by Gasteiger charge is -2.30. The molecule has 0 bridgehead atoms. The fourth-order valence-corrected chi connectivity index (χ4v) is 4.42. The third kappa shape index (κ3) is 4.58. The average molecular weight is 393 g/mol. The van der Waals surface area contributed by atoms with Gasteiger partial charge < -0.3 is 10.2 Å². The first kappa shape index (κ1) is 19.4. The summed E-state index contributed by atoms with van der Waals surface area (Å²) in [7, 11) is 0. The van der Waals surface area contributed by atoms with Gasteiger partial charge in [-0.3, -0.25) is 14.3 Å². The van der Waals surface area contributed by atoms with Crippen molar-refractivity contribution in [3.8, 4) is 0 Å². The number of benzene rings is 1. The molecule has 152 valence electrons. The predicted molar refractivity (Wildman–Crippen MR) is 111 cm³/mol. The highest BCUT2D eigenvalue weighted by atomic mass is 16.2. The van der Waals surface area contributed by atoms with Crippen LogP contribution in [0.25, 0.3) is 0 Å². The summed E-state index contributed by atoms with van der Waals surface area (Å²) in [5.74, 6) is -0.0188. The van der Waals surface area contributed by atoms with Crippen LogP contribution in [0.1, 0.15) is 44.1 Å². The highest BCUT2D eigenvalue weighted by Crippen LogP contribution is 2.38. The van der Waals surface area contributed by atoms with Crippen LogP contribution in [0.5, 0.6) is 0 Å². The van der Waals surface area contributed by atoms with Gasteiger partial charge in [-0.15, -0.1) is 0 Å². The van der Waals surface area contributed by atoms with Crippen LogP contribution in [-0.2, 0) is 22.7 Å². The maximum atomic E-state index is 13.2. The van der Waals surface area contributed by atoms with E-state index < -0.39 is 0 Å². The summed E-state index contributed by atoms with van der Waals surface area (Å²) in [4.78, 5) is 27.7. The maximum Gasteiger partial charge on any atom is 0.251 e. The molecule has 6 nitrogen and oxygen atoms in total. The summed E-state index contributed by atoms with van der Waals surface area (Å²) >= 11 is 0. The zero-order valence-corrected chi connectivity index (χ0v) is 16.7. The summed E-state index contributed by atoms with van der Waals surface area (Å²) in [6.45, 7) is 1.97. The molecule has 1 fully saturated rings. The van der Waals surface area contributed by atoms with Crippen LogP contribution in [0, 0.1) is 0 Å². The highest BCUT2D eigenvalue weighted by Gasteiger charge is 2.40. The molecule has 6 heteroatoms. The van der Waals surface area contributed by atoms with Gasteiger partial charge in [0, 0.05) is 37.6 Å². The third-order valence-electron chi connectivity index (χ3n) is 5.84. The van der Waals surface area contributed by atoms with Crippen molar-refractivity contribution in [3.05, 3.63) is 65.5 Å². The Bertz CT molecular complexity index is 874. The molecule has 1 saturated carbocycles. The van der Waals surface area contributed by atoms with E-state index in [1.165, 1.54) is 5.57 Å². The van der Waals surface area contributed by atoms with Gasteiger partial charge in [0.25, 0.3) is 5.91 Å². The van der Waals surface area contributed by atoms with Crippen LogP contribution in [0.4, 0.5) is 0 Å². The normalized spacial score (nSPS) is 18.8. The number of amides is 2. The van der Waals surface area contributed by atoms with Crippen molar-refractivity contribution in [1.29, 1.82) is 0 Å². The summed E-state index contributed by atoms with van der Waals surface area (Å²) in [6.07, 6.45) is 8.85. The van der Waals surface area contributed by atoms with Crippen molar-refractivity contribution >= 4 is 11.8 Å². The van der Waals surface area contributed by atoms with Crippen molar-refractivity contribution in [2.75, 3.05) is 6.54 Å². The van der Waals surface area contributed by atoms with Gasteiger partial charge in [-0.1, -0.05) is 36.8 Å². The van der Waals surface area contributed by atoms with E-state index in [4.69, 9.17) is 0 Å². The molecule has 0 radical (unpaired) electrons. The number of aromatic nitrogens is 2. The molecule has 1 unspecified atom stereocenters. The molecule has 4 rings (SSSR count). The SMILES string of the molecule is O=C(CC1=C2CCCCC2N(Cc2ccccc2)C1=O)NCCCn1cccn1. The number of carbonyl (C=O) groups is 2. The lowest BCUT2D eigenvalue weighted by Crippen LogP contribution is -2.36. The molecule has 2 heterocycles. The fourth-order valence-electron chi connectivity index (χ4n) is 4.42. The largest absolute Gasteiger partial charge is 0.356 e. The Morgan fingerprint density at radius 3 is 2.83 bits per heavy atom. The van der Waals surface area contributed by atoms with Gasteiger partial charge in [0.15, 0.2) is 0 Å². The van der Waals surface area contributed by atoms with Gasteiger partial charge >= 0.3 is 0 Å². The Morgan fingerprint density at radius 1 is 1.17 bits per heavy atom. The van der Waals surface area contributed by atoms with Crippen LogP contribution in [-0.4, -0.2) is 39.1 Å². The fraction of sp³-hybridized carbons (Fsp3) is 0.435. The molecule has 2 aromatic rings. The number of nitrogens with one attached hydrogen (secondary N) is 1. The zero-order valence-electron chi connectivity index (χ0n) is 16.7. The van der Waals surface area contributed by atoms with Crippen molar-refractivity contribution in [2.24, 2.45) is 0 Å². The quantitative estimate of drug-likeness (QED) is 0.702. The molecule has 0 saturated heterocycles. The van der Waals surface area contributed by atoms with Gasteiger partial charge in [-0.05, 0) is 42.9 Å². The van der Waals surface area contributed by atoms with Crippen molar-refractivity contribution in [3.63, 3.8) is 0 Å². The molecule has 2 aliphatic rings. The van der Waals surface area contributed by atoms with Gasteiger partial charge in [-0.25, -0.2) is 0 Å². The van der Waals surface area contributed by atoms with Gasteiger partial charge in [0.05, 0.1) is 12.5 Å². The van der Waals surface area contributed by atoms with Crippen LogP contribution in [0.15, 0.2) is 59.9 Å². The molecule has 1 aromatic heterocycles. The van der Waals surface area contributed by atoms with Crippen molar-refractivity contribution in [1.82, 2.24) is 20.0 Å². The van der Waals surface area contributed by atoms with Gasteiger partial charge in [0.1, 0.15) is 0 Å². The molecular formula is C23H28N4O2. The van der Waals surface area contributed by atoms with Gasteiger partial charge in [-0.2, -0.15) is 5.10 Å². The van der Waals surface area contributed by atoms with E-state index in [2.05, 4.69) is 22.5 Å². The monoisotopic (exact) mass is 392 g/mol. The predicted octanol–water partition coefficient (Wildman–Crippen LogP) is 3.06. The van der Waals surface area contributed by atoms with E-state index in [0.29, 0.717) is 13.1 Å². The Balaban J connectivity index is 1.36. The van der Waals surface area contributed by atoms with E-state index in [1.54, 1.807) is 6.20 Å². The average Bonchev–Trinajstić information content (AvgIpc) is 3.35. The lowest BCUT2D eigenvalue weighted by atomic mass is 9.88. The van der Waals surface area contributed by atoms with E-state index in [1.807, 2.05) is 40.0 Å². The maximum absolute atomic E-state index is 13.2. The van der Waals surface area contributed by atoms with Crippen molar-refractivity contribution < 1.29 is 9.59 Å². The smallest absolute Gasteiger partial charge is 0.251 e.